The number of carbonyl (C=O) groups is 1. The lowest BCUT2D eigenvalue weighted by molar-refractivity contribution is 0.0500. The number of fused-ring (bicyclic) bond motifs is 1. The van der Waals surface area contributed by atoms with Gasteiger partial charge in [-0.15, -0.1) is 0 Å². The van der Waals surface area contributed by atoms with Gasteiger partial charge in [0.15, 0.2) is 0 Å². The van der Waals surface area contributed by atoms with Crippen molar-refractivity contribution >= 4 is 5.97 Å². The average Bonchev–Trinajstić information content (AvgIpc) is 3.00. The van der Waals surface area contributed by atoms with Crippen molar-refractivity contribution in [1.29, 1.82) is 0 Å². The van der Waals surface area contributed by atoms with Crippen LogP contribution in [0.2, 0.25) is 0 Å². The quantitative estimate of drug-likeness (QED) is 0.625. The van der Waals surface area contributed by atoms with Crippen LogP contribution >= 0.6 is 0 Å². The highest BCUT2D eigenvalue weighted by atomic mass is 16.5. The molecule has 0 aliphatic carbocycles. The summed E-state index contributed by atoms with van der Waals surface area (Å²) in [5.41, 5.74) is 2.84. The molecule has 3 rings (SSSR count). The summed E-state index contributed by atoms with van der Waals surface area (Å²) in [6.45, 7) is 1.11. The minimum atomic E-state index is -0.268. The van der Waals surface area contributed by atoms with Crippen LogP contribution in [0.1, 0.15) is 27.9 Å². The molecule has 0 fully saturated rings. The molecule has 0 saturated heterocycles. The van der Waals surface area contributed by atoms with Crippen LogP contribution in [0.3, 0.4) is 0 Å². The zero-order chi connectivity index (χ0) is 14.5. The van der Waals surface area contributed by atoms with E-state index < -0.39 is 0 Å². The minimum Gasteiger partial charge on any atom is -0.493 e. The van der Waals surface area contributed by atoms with Gasteiger partial charge in [-0.05, 0) is 48.2 Å². The van der Waals surface area contributed by atoms with Crippen molar-refractivity contribution in [3.63, 3.8) is 0 Å². The van der Waals surface area contributed by atoms with Crippen LogP contribution in [0.4, 0.5) is 0 Å². The predicted molar refractivity (Wildman–Crippen MR) is 78.5 cm³/mol. The van der Waals surface area contributed by atoms with Crippen LogP contribution < -0.4 is 4.74 Å². The molecule has 2 aromatic rings. The number of pyridine rings is 1. The Morgan fingerprint density at radius 3 is 3.14 bits per heavy atom. The summed E-state index contributed by atoms with van der Waals surface area (Å²) in [4.78, 5) is 16.0. The number of aromatic nitrogens is 1. The monoisotopic (exact) mass is 283 g/mol. The number of esters is 1. The van der Waals surface area contributed by atoms with E-state index in [0.717, 1.165) is 36.1 Å². The lowest BCUT2D eigenvalue weighted by Gasteiger charge is -2.06. The van der Waals surface area contributed by atoms with Gasteiger partial charge < -0.3 is 9.47 Å². The molecule has 0 unspecified atom stereocenters. The number of hydrogen-bond donors (Lipinski definition) is 0. The highest BCUT2D eigenvalue weighted by molar-refractivity contribution is 5.89. The first-order valence-corrected chi connectivity index (χ1v) is 7.15. The molecule has 0 radical (unpaired) electrons. The molecular weight excluding hydrogens is 266 g/mol. The van der Waals surface area contributed by atoms with Crippen molar-refractivity contribution in [1.82, 2.24) is 4.98 Å². The Kier molecular flexibility index (Phi) is 4.15. The number of benzene rings is 1. The Bertz CT molecular complexity index is 625. The standard InChI is InChI=1S/C17H17NO3/c19-17(15-5-6-16-14(11-15)7-10-20-16)21-9-2-4-13-3-1-8-18-12-13/h1,3,5-6,8,11-12H,2,4,7,9-10H2. The van der Waals surface area contributed by atoms with Gasteiger partial charge >= 0.3 is 5.97 Å². The maximum Gasteiger partial charge on any atom is 0.338 e. The topological polar surface area (TPSA) is 48.4 Å². The summed E-state index contributed by atoms with van der Waals surface area (Å²) in [5, 5.41) is 0. The molecule has 21 heavy (non-hydrogen) atoms. The lowest BCUT2D eigenvalue weighted by atomic mass is 10.1. The first-order chi connectivity index (χ1) is 10.3. The van der Waals surface area contributed by atoms with Crippen molar-refractivity contribution in [2.45, 2.75) is 19.3 Å². The van der Waals surface area contributed by atoms with Gasteiger partial charge in [0.1, 0.15) is 5.75 Å². The Hall–Kier alpha value is -2.36. The molecular formula is C17H17NO3. The van der Waals surface area contributed by atoms with Crippen molar-refractivity contribution in [3.05, 3.63) is 59.4 Å². The maximum atomic E-state index is 12.0. The van der Waals surface area contributed by atoms with Gasteiger partial charge in [-0.3, -0.25) is 4.98 Å². The van der Waals surface area contributed by atoms with E-state index in [1.807, 2.05) is 30.5 Å². The normalized spacial score (nSPS) is 12.6. The zero-order valence-electron chi connectivity index (χ0n) is 11.7. The average molecular weight is 283 g/mol. The van der Waals surface area contributed by atoms with Gasteiger partial charge in [-0.25, -0.2) is 4.79 Å². The van der Waals surface area contributed by atoms with Gasteiger partial charge in [0.25, 0.3) is 0 Å². The van der Waals surface area contributed by atoms with E-state index in [4.69, 9.17) is 9.47 Å². The molecule has 4 heteroatoms. The zero-order valence-corrected chi connectivity index (χ0v) is 11.7. The van der Waals surface area contributed by atoms with Gasteiger partial charge in [-0.2, -0.15) is 0 Å². The Labute approximate surface area is 123 Å². The molecule has 2 heterocycles. The molecule has 1 aromatic carbocycles. The summed E-state index contributed by atoms with van der Waals surface area (Å²) in [6.07, 6.45) is 6.10. The number of rotatable bonds is 5. The molecule has 0 saturated carbocycles. The molecule has 1 aliphatic rings. The minimum absolute atomic E-state index is 0.268. The number of aryl methyl sites for hydroxylation is 1. The number of carbonyl (C=O) groups excluding carboxylic acids is 1. The van der Waals surface area contributed by atoms with Gasteiger partial charge in [0, 0.05) is 18.8 Å². The first kappa shape index (κ1) is 13.6. The number of ether oxygens (including phenoxy) is 2. The Balaban J connectivity index is 1.48. The van der Waals surface area contributed by atoms with Crippen LogP contribution in [0.5, 0.6) is 5.75 Å². The maximum absolute atomic E-state index is 12.0. The summed E-state index contributed by atoms with van der Waals surface area (Å²) in [6, 6.07) is 9.40. The molecule has 1 aliphatic heterocycles. The van der Waals surface area contributed by atoms with E-state index in [9.17, 15) is 4.79 Å². The third-order valence-electron chi connectivity index (χ3n) is 3.49. The summed E-state index contributed by atoms with van der Waals surface area (Å²) < 4.78 is 10.7. The second-order valence-corrected chi connectivity index (χ2v) is 5.02. The fourth-order valence-electron chi connectivity index (χ4n) is 2.38. The molecule has 1 aromatic heterocycles. The fourth-order valence-corrected chi connectivity index (χ4v) is 2.38. The third-order valence-corrected chi connectivity index (χ3v) is 3.49. The van der Waals surface area contributed by atoms with E-state index in [2.05, 4.69) is 4.98 Å². The Morgan fingerprint density at radius 2 is 2.29 bits per heavy atom. The predicted octanol–water partition coefficient (Wildman–Crippen LogP) is 2.81. The first-order valence-electron chi connectivity index (χ1n) is 7.15. The van der Waals surface area contributed by atoms with Crippen LogP contribution in [-0.2, 0) is 17.6 Å². The van der Waals surface area contributed by atoms with Crippen LogP contribution in [-0.4, -0.2) is 24.2 Å². The molecule has 4 nitrogen and oxygen atoms in total. The van der Waals surface area contributed by atoms with Gasteiger partial charge in [0.2, 0.25) is 0 Å². The highest BCUT2D eigenvalue weighted by Crippen LogP contribution is 2.26. The van der Waals surface area contributed by atoms with Gasteiger partial charge in [0.05, 0.1) is 18.8 Å². The van der Waals surface area contributed by atoms with E-state index in [-0.39, 0.29) is 5.97 Å². The smallest absolute Gasteiger partial charge is 0.338 e. The summed E-state index contributed by atoms with van der Waals surface area (Å²) in [7, 11) is 0. The van der Waals surface area contributed by atoms with Crippen LogP contribution in [0, 0.1) is 0 Å². The third kappa shape index (κ3) is 3.40. The summed E-state index contributed by atoms with van der Waals surface area (Å²) >= 11 is 0. The van der Waals surface area contributed by atoms with Crippen LogP contribution in [0.25, 0.3) is 0 Å². The molecule has 108 valence electrons. The molecule has 0 spiro atoms. The molecule has 0 atom stereocenters. The van der Waals surface area contributed by atoms with E-state index >= 15 is 0 Å². The highest BCUT2D eigenvalue weighted by Gasteiger charge is 2.15. The second kappa shape index (κ2) is 6.39. The fraction of sp³-hybridized carbons (Fsp3) is 0.294. The van der Waals surface area contributed by atoms with E-state index in [1.54, 1.807) is 12.3 Å². The molecule has 0 amide bonds. The summed E-state index contributed by atoms with van der Waals surface area (Å²) in [5.74, 6) is 0.610. The van der Waals surface area contributed by atoms with Crippen molar-refractivity contribution in [2.24, 2.45) is 0 Å². The second-order valence-electron chi connectivity index (χ2n) is 5.02. The van der Waals surface area contributed by atoms with E-state index in [1.165, 1.54) is 0 Å². The Morgan fingerprint density at radius 1 is 1.33 bits per heavy atom. The van der Waals surface area contributed by atoms with E-state index in [0.29, 0.717) is 18.8 Å². The van der Waals surface area contributed by atoms with Crippen molar-refractivity contribution in [3.8, 4) is 5.75 Å². The largest absolute Gasteiger partial charge is 0.493 e. The molecule has 0 N–H and O–H groups in total. The number of nitrogens with zero attached hydrogens (tertiary/aromatic N) is 1. The lowest BCUT2D eigenvalue weighted by Crippen LogP contribution is -2.07. The SMILES string of the molecule is O=C(OCCCc1cccnc1)c1ccc2c(c1)CCO2. The van der Waals surface area contributed by atoms with Gasteiger partial charge in [-0.1, -0.05) is 6.07 Å². The molecule has 0 bridgehead atoms. The van der Waals surface area contributed by atoms with Crippen molar-refractivity contribution in [2.75, 3.05) is 13.2 Å². The number of hydrogen-bond acceptors (Lipinski definition) is 4. The van der Waals surface area contributed by atoms with Crippen molar-refractivity contribution < 1.29 is 14.3 Å². The van der Waals surface area contributed by atoms with Crippen LogP contribution in [0.15, 0.2) is 42.7 Å².